The summed E-state index contributed by atoms with van der Waals surface area (Å²) >= 11 is 6.34. The van der Waals surface area contributed by atoms with Crippen molar-refractivity contribution in [2.75, 3.05) is 22.9 Å². The van der Waals surface area contributed by atoms with Crippen LogP contribution in [0.1, 0.15) is 45.7 Å². The Balaban J connectivity index is 1.69. The molecule has 3 heterocycles. The number of anilines is 2. The monoisotopic (exact) mass is 594 g/mol. The van der Waals surface area contributed by atoms with Crippen LogP contribution in [0.25, 0.3) is 0 Å². The van der Waals surface area contributed by atoms with Crippen LogP contribution in [0, 0.1) is 5.92 Å². The van der Waals surface area contributed by atoms with Crippen LogP contribution in [0.3, 0.4) is 0 Å². The molecule has 0 radical (unpaired) electrons. The molecule has 2 aliphatic rings. The number of hydrogen-bond donors (Lipinski definition) is 2. The highest BCUT2D eigenvalue weighted by atomic mass is 35.5. The predicted octanol–water partition coefficient (Wildman–Crippen LogP) is 4.67. The number of nitrogens with zero attached hydrogens (tertiary/aromatic N) is 3. The standard InChI is InChI=1S/C24H30ClF3N4O6S/c1-14(22(33)34)10-16-12-32(39(35,36)20-17-6-4-5-9-31(17)30-21(20)25)18-11-15(7-8-19(18)38-16)29-13-37-23(2,3)24(26,27)28/h7-8,11,14,16,29H,4-6,9-10,12-13H2,1-3H3,(H,33,34)/t14-,16+/m1/s1. The summed E-state index contributed by atoms with van der Waals surface area (Å²) in [6, 6.07) is 4.41. The van der Waals surface area contributed by atoms with Crippen molar-refractivity contribution in [2.45, 2.75) is 75.8 Å². The molecule has 0 fully saturated rings. The van der Waals surface area contributed by atoms with Gasteiger partial charge in [0.25, 0.3) is 10.0 Å². The van der Waals surface area contributed by atoms with Gasteiger partial charge >= 0.3 is 12.1 Å². The fourth-order valence-corrected chi connectivity index (χ4v) is 6.68. The van der Waals surface area contributed by atoms with Gasteiger partial charge in [-0.2, -0.15) is 18.3 Å². The average molecular weight is 595 g/mol. The molecule has 0 saturated carbocycles. The number of alkyl halides is 3. The van der Waals surface area contributed by atoms with Crippen molar-refractivity contribution in [2.24, 2.45) is 5.92 Å². The van der Waals surface area contributed by atoms with Crippen LogP contribution >= 0.6 is 11.6 Å². The van der Waals surface area contributed by atoms with Gasteiger partial charge in [-0.1, -0.05) is 18.5 Å². The highest BCUT2D eigenvalue weighted by Gasteiger charge is 2.48. The van der Waals surface area contributed by atoms with Crippen molar-refractivity contribution in [3.63, 3.8) is 0 Å². The predicted molar refractivity (Wildman–Crippen MR) is 137 cm³/mol. The molecule has 2 aromatic rings. The molecule has 0 bridgehead atoms. The lowest BCUT2D eigenvalue weighted by atomic mass is 10.0. The zero-order chi connectivity index (χ0) is 28.8. The normalized spacial score (nSPS) is 18.6. The first-order valence-electron chi connectivity index (χ1n) is 12.4. The second kappa shape index (κ2) is 10.7. The number of carboxylic acid groups (broad SMARTS) is 1. The van der Waals surface area contributed by atoms with Gasteiger partial charge in [0.2, 0.25) is 0 Å². The molecule has 15 heteroatoms. The van der Waals surface area contributed by atoms with Crippen molar-refractivity contribution in [1.29, 1.82) is 0 Å². The van der Waals surface area contributed by atoms with E-state index in [2.05, 4.69) is 10.4 Å². The number of halogens is 4. The molecule has 0 amide bonds. The van der Waals surface area contributed by atoms with Gasteiger partial charge in [-0.25, -0.2) is 8.42 Å². The second-order valence-electron chi connectivity index (χ2n) is 10.2. The zero-order valence-corrected chi connectivity index (χ0v) is 23.2. The highest BCUT2D eigenvalue weighted by molar-refractivity contribution is 7.93. The topological polar surface area (TPSA) is 123 Å². The maximum absolute atomic E-state index is 14.1. The largest absolute Gasteiger partial charge is 0.486 e. The minimum absolute atomic E-state index is 0.0427. The van der Waals surface area contributed by atoms with Gasteiger partial charge in [0.05, 0.1) is 23.8 Å². The lowest BCUT2D eigenvalue weighted by Crippen LogP contribution is -2.45. The Bertz CT molecular complexity index is 1350. The van der Waals surface area contributed by atoms with E-state index in [1.807, 2.05) is 0 Å². The zero-order valence-electron chi connectivity index (χ0n) is 21.6. The van der Waals surface area contributed by atoms with Gasteiger partial charge in [0.1, 0.15) is 23.5 Å². The molecule has 39 heavy (non-hydrogen) atoms. The summed E-state index contributed by atoms with van der Waals surface area (Å²) < 4.78 is 81.2. The van der Waals surface area contributed by atoms with Crippen LogP contribution in [-0.4, -0.2) is 60.4 Å². The van der Waals surface area contributed by atoms with E-state index in [4.69, 9.17) is 21.1 Å². The van der Waals surface area contributed by atoms with Crippen molar-refractivity contribution in [3.8, 4) is 5.75 Å². The first-order chi connectivity index (χ1) is 18.1. The third-order valence-corrected chi connectivity index (χ3v) is 9.12. The third kappa shape index (κ3) is 5.92. The Labute approximate surface area is 229 Å². The maximum Gasteiger partial charge on any atom is 0.416 e. The quantitative estimate of drug-likeness (QED) is 0.402. The summed E-state index contributed by atoms with van der Waals surface area (Å²) in [6.07, 6.45) is -3.25. The van der Waals surface area contributed by atoms with Crippen LogP contribution in [0.4, 0.5) is 24.5 Å². The number of aliphatic carboxylic acids is 1. The molecule has 1 aromatic heterocycles. The van der Waals surface area contributed by atoms with Gasteiger partial charge in [-0.15, -0.1) is 0 Å². The van der Waals surface area contributed by atoms with Crippen LogP contribution < -0.4 is 14.4 Å². The van der Waals surface area contributed by atoms with Crippen LogP contribution in [-0.2, 0) is 32.5 Å². The summed E-state index contributed by atoms with van der Waals surface area (Å²) in [5, 5.41) is 16.1. The van der Waals surface area contributed by atoms with E-state index in [9.17, 15) is 31.5 Å². The molecular weight excluding hydrogens is 565 g/mol. The molecule has 2 aliphatic heterocycles. The Hall–Kier alpha value is -2.71. The number of ether oxygens (including phenoxy) is 2. The number of benzene rings is 1. The van der Waals surface area contributed by atoms with E-state index in [-0.39, 0.29) is 40.1 Å². The number of fused-ring (bicyclic) bond motifs is 2. The van der Waals surface area contributed by atoms with E-state index >= 15 is 0 Å². The number of carboxylic acids is 1. The molecule has 10 nitrogen and oxygen atoms in total. The van der Waals surface area contributed by atoms with Gasteiger partial charge in [-0.3, -0.25) is 13.8 Å². The number of aromatic nitrogens is 2. The van der Waals surface area contributed by atoms with E-state index in [0.29, 0.717) is 18.7 Å². The third-order valence-electron chi connectivity index (χ3n) is 6.87. The van der Waals surface area contributed by atoms with Crippen molar-refractivity contribution >= 4 is 39.0 Å². The minimum atomic E-state index is -4.59. The van der Waals surface area contributed by atoms with Gasteiger partial charge in [-0.05, 0) is 57.7 Å². The number of hydrogen-bond acceptors (Lipinski definition) is 7. The molecule has 2 N–H and O–H groups in total. The van der Waals surface area contributed by atoms with Crippen molar-refractivity contribution in [1.82, 2.24) is 9.78 Å². The summed E-state index contributed by atoms with van der Waals surface area (Å²) in [5.74, 6) is -1.68. The van der Waals surface area contributed by atoms with Crippen LogP contribution in [0.15, 0.2) is 23.1 Å². The average Bonchev–Trinajstić information content (AvgIpc) is 3.19. The van der Waals surface area contributed by atoms with E-state index < -0.39 is 46.5 Å². The molecule has 2 atom stereocenters. The van der Waals surface area contributed by atoms with Crippen molar-refractivity contribution in [3.05, 3.63) is 29.0 Å². The SMILES string of the molecule is C[C@H](C[C@H]1CN(S(=O)(=O)c2c(Cl)nn3c2CCCC3)c2cc(NCOC(C)(C)C(F)(F)F)ccc2O1)C(=O)O. The number of aryl methyl sites for hydroxylation is 1. The lowest BCUT2D eigenvalue weighted by molar-refractivity contribution is -0.261. The number of carbonyl (C=O) groups is 1. The van der Waals surface area contributed by atoms with Crippen LogP contribution in [0.5, 0.6) is 5.75 Å². The molecule has 0 aliphatic carbocycles. The smallest absolute Gasteiger partial charge is 0.416 e. The highest BCUT2D eigenvalue weighted by Crippen LogP contribution is 2.42. The number of rotatable bonds is 9. The molecule has 0 saturated heterocycles. The molecule has 216 valence electrons. The first-order valence-corrected chi connectivity index (χ1v) is 14.2. The molecule has 4 rings (SSSR count). The van der Waals surface area contributed by atoms with Crippen LogP contribution in [0.2, 0.25) is 5.15 Å². The van der Waals surface area contributed by atoms with Gasteiger partial charge < -0.3 is 19.9 Å². The van der Waals surface area contributed by atoms with E-state index in [1.165, 1.54) is 25.1 Å². The summed E-state index contributed by atoms with van der Waals surface area (Å²) in [6.45, 7) is 3.14. The minimum Gasteiger partial charge on any atom is -0.486 e. The Morgan fingerprint density at radius 2 is 2.05 bits per heavy atom. The number of sulfonamides is 1. The molecule has 1 aromatic carbocycles. The molecule has 0 spiro atoms. The maximum atomic E-state index is 14.1. The first kappa shape index (κ1) is 29.3. The Morgan fingerprint density at radius 1 is 1.33 bits per heavy atom. The summed E-state index contributed by atoms with van der Waals surface area (Å²) in [5.41, 5.74) is -1.50. The molecular formula is C24H30ClF3N4O6S. The van der Waals surface area contributed by atoms with E-state index in [1.54, 1.807) is 4.68 Å². The Morgan fingerprint density at radius 3 is 2.72 bits per heavy atom. The molecule has 0 unspecified atom stereocenters. The fourth-order valence-electron chi connectivity index (χ4n) is 4.44. The Kier molecular flexibility index (Phi) is 8.03. The summed E-state index contributed by atoms with van der Waals surface area (Å²) in [7, 11) is -4.29. The lowest BCUT2D eigenvalue weighted by Gasteiger charge is -2.36. The summed E-state index contributed by atoms with van der Waals surface area (Å²) in [4.78, 5) is 11.3. The van der Waals surface area contributed by atoms with E-state index in [0.717, 1.165) is 31.0 Å². The second-order valence-corrected chi connectivity index (χ2v) is 12.3. The van der Waals surface area contributed by atoms with Gasteiger partial charge in [0, 0.05) is 12.2 Å². The number of nitrogens with one attached hydrogen (secondary N) is 1. The van der Waals surface area contributed by atoms with Crippen molar-refractivity contribution < 1.29 is 41.0 Å². The fraction of sp³-hybridized carbons (Fsp3) is 0.583. The van der Waals surface area contributed by atoms with Gasteiger partial charge in [0.15, 0.2) is 10.8 Å².